The first-order valence-corrected chi connectivity index (χ1v) is 10.2. The molecule has 0 N–H and O–H groups in total. The number of hydrogen-bond acceptors (Lipinski definition) is 4. The molecule has 1 aliphatic rings. The van der Waals surface area contributed by atoms with Crippen LogP contribution in [0.2, 0.25) is 5.02 Å². The van der Waals surface area contributed by atoms with Crippen LogP contribution in [0.25, 0.3) is 11.3 Å². The molecule has 1 fully saturated rings. The number of likely N-dealkylation sites (tertiary alicyclic amines) is 1. The van der Waals surface area contributed by atoms with E-state index in [1.807, 2.05) is 64.3 Å². The third-order valence-electron chi connectivity index (χ3n) is 4.71. The van der Waals surface area contributed by atoms with Crippen LogP contribution in [0.3, 0.4) is 0 Å². The Bertz CT molecular complexity index is 887. The van der Waals surface area contributed by atoms with Crippen molar-refractivity contribution in [1.82, 2.24) is 9.88 Å². The molecule has 138 valence electrons. The number of ether oxygens (including phenoxy) is 1. The summed E-state index contributed by atoms with van der Waals surface area (Å²) in [5, 5.41) is 2.70. The molecule has 1 aromatic heterocycles. The Labute approximate surface area is 167 Å². The predicted molar refractivity (Wildman–Crippen MR) is 109 cm³/mol. The Morgan fingerprint density at radius 1 is 1.07 bits per heavy atom. The standard InChI is InChI=1S/C21H19ClN2O2S/c22-17-5-7-18(8-6-17)26-19-9-11-24(12-10-19)21(25)16-3-1-15(2-4-16)20-13-27-14-23-20/h1-8,13-14,19H,9-12H2. The van der Waals surface area contributed by atoms with E-state index in [9.17, 15) is 4.79 Å². The van der Waals surface area contributed by atoms with Gasteiger partial charge >= 0.3 is 0 Å². The number of thiazole rings is 1. The van der Waals surface area contributed by atoms with Crippen LogP contribution in [0.4, 0.5) is 0 Å². The van der Waals surface area contributed by atoms with Gasteiger partial charge < -0.3 is 9.64 Å². The van der Waals surface area contributed by atoms with Crippen LogP contribution in [-0.2, 0) is 0 Å². The molecule has 3 aromatic rings. The van der Waals surface area contributed by atoms with Gasteiger partial charge in [-0.05, 0) is 36.4 Å². The number of amides is 1. The van der Waals surface area contributed by atoms with E-state index in [-0.39, 0.29) is 12.0 Å². The molecule has 0 bridgehead atoms. The highest BCUT2D eigenvalue weighted by Gasteiger charge is 2.24. The summed E-state index contributed by atoms with van der Waals surface area (Å²) in [6.07, 6.45) is 1.78. The Morgan fingerprint density at radius 3 is 2.41 bits per heavy atom. The molecule has 0 unspecified atom stereocenters. The lowest BCUT2D eigenvalue weighted by molar-refractivity contribution is 0.0595. The molecule has 0 radical (unpaired) electrons. The lowest BCUT2D eigenvalue weighted by Crippen LogP contribution is -2.41. The maximum Gasteiger partial charge on any atom is 0.253 e. The van der Waals surface area contributed by atoms with Gasteiger partial charge in [0.05, 0.1) is 11.2 Å². The molecule has 0 aliphatic carbocycles. The number of rotatable bonds is 4. The molecular formula is C21H19ClN2O2S. The molecule has 0 saturated carbocycles. The summed E-state index contributed by atoms with van der Waals surface area (Å²) in [6, 6.07) is 15.1. The van der Waals surface area contributed by atoms with Gasteiger partial charge in [0.25, 0.3) is 5.91 Å². The first kappa shape index (κ1) is 18.0. The summed E-state index contributed by atoms with van der Waals surface area (Å²) in [6.45, 7) is 1.40. The fraction of sp³-hybridized carbons (Fsp3) is 0.238. The zero-order valence-corrected chi connectivity index (χ0v) is 16.2. The fourth-order valence-electron chi connectivity index (χ4n) is 3.20. The van der Waals surface area contributed by atoms with E-state index < -0.39 is 0 Å². The summed E-state index contributed by atoms with van der Waals surface area (Å²) < 4.78 is 6.00. The van der Waals surface area contributed by atoms with E-state index in [2.05, 4.69) is 4.98 Å². The molecule has 1 amide bonds. The van der Waals surface area contributed by atoms with Gasteiger partial charge in [0.1, 0.15) is 11.9 Å². The summed E-state index contributed by atoms with van der Waals surface area (Å²) in [4.78, 5) is 19.0. The average molecular weight is 399 g/mol. The van der Waals surface area contributed by atoms with E-state index in [1.54, 1.807) is 11.3 Å². The van der Waals surface area contributed by atoms with Crippen molar-refractivity contribution in [3.63, 3.8) is 0 Å². The average Bonchev–Trinajstić information content (AvgIpc) is 3.25. The fourth-order valence-corrected chi connectivity index (χ4v) is 3.89. The van der Waals surface area contributed by atoms with Crippen molar-refractivity contribution in [3.05, 3.63) is 70.0 Å². The number of hydrogen-bond donors (Lipinski definition) is 0. The Hall–Kier alpha value is -2.37. The first-order chi connectivity index (χ1) is 13.2. The minimum Gasteiger partial charge on any atom is -0.490 e. The lowest BCUT2D eigenvalue weighted by atomic mass is 10.0. The Morgan fingerprint density at radius 2 is 1.78 bits per heavy atom. The van der Waals surface area contributed by atoms with Gasteiger partial charge in [-0.25, -0.2) is 4.98 Å². The molecule has 0 spiro atoms. The summed E-state index contributed by atoms with van der Waals surface area (Å²) in [5.41, 5.74) is 4.50. The lowest BCUT2D eigenvalue weighted by Gasteiger charge is -2.32. The van der Waals surface area contributed by atoms with Gasteiger partial charge in [-0.1, -0.05) is 23.7 Å². The third-order valence-corrected chi connectivity index (χ3v) is 5.54. The van der Waals surface area contributed by atoms with Gasteiger partial charge in [-0.15, -0.1) is 11.3 Å². The second kappa shape index (κ2) is 8.11. The molecule has 1 aliphatic heterocycles. The van der Waals surface area contributed by atoms with Crippen molar-refractivity contribution in [2.45, 2.75) is 18.9 Å². The highest BCUT2D eigenvalue weighted by molar-refractivity contribution is 7.07. The molecule has 1 saturated heterocycles. The van der Waals surface area contributed by atoms with Crippen LogP contribution in [0.5, 0.6) is 5.75 Å². The van der Waals surface area contributed by atoms with Crippen molar-refractivity contribution >= 4 is 28.8 Å². The molecule has 4 rings (SSSR count). The SMILES string of the molecule is O=C(c1ccc(-c2cscn2)cc1)N1CCC(Oc2ccc(Cl)cc2)CC1. The molecular weight excluding hydrogens is 380 g/mol. The van der Waals surface area contributed by atoms with E-state index in [4.69, 9.17) is 16.3 Å². The molecule has 2 aromatic carbocycles. The normalized spacial score (nSPS) is 14.9. The number of aromatic nitrogens is 1. The molecule has 2 heterocycles. The molecule has 0 atom stereocenters. The smallest absolute Gasteiger partial charge is 0.253 e. The molecule has 27 heavy (non-hydrogen) atoms. The topological polar surface area (TPSA) is 42.4 Å². The maximum absolute atomic E-state index is 12.8. The van der Waals surface area contributed by atoms with E-state index in [1.165, 1.54) is 0 Å². The number of benzene rings is 2. The van der Waals surface area contributed by atoms with Crippen molar-refractivity contribution < 1.29 is 9.53 Å². The highest BCUT2D eigenvalue weighted by atomic mass is 35.5. The quantitative estimate of drug-likeness (QED) is 0.610. The number of carbonyl (C=O) groups is 1. The van der Waals surface area contributed by atoms with Gasteiger partial charge in [0, 0.05) is 47.5 Å². The first-order valence-electron chi connectivity index (χ1n) is 8.89. The van der Waals surface area contributed by atoms with Crippen LogP contribution >= 0.6 is 22.9 Å². The second-order valence-electron chi connectivity index (χ2n) is 6.51. The van der Waals surface area contributed by atoms with Crippen LogP contribution in [0, 0.1) is 0 Å². The summed E-state index contributed by atoms with van der Waals surface area (Å²) in [5.74, 6) is 0.895. The van der Waals surface area contributed by atoms with Crippen LogP contribution in [-0.4, -0.2) is 35.0 Å². The monoisotopic (exact) mass is 398 g/mol. The van der Waals surface area contributed by atoms with Gasteiger partial charge in [0.15, 0.2) is 0 Å². The Balaban J connectivity index is 1.33. The van der Waals surface area contributed by atoms with Crippen LogP contribution in [0.15, 0.2) is 59.4 Å². The van der Waals surface area contributed by atoms with Gasteiger partial charge in [-0.2, -0.15) is 0 Å². The number of piperidine rings is 1. The highest BCUT2D eigenvalue weighted by Crippen LogP contribution is 2.23. The molecule has 4 nitrogen and oxygen atoms in total. The maximum atomic E-state index is 12.8. The minimum atomic E-state index is 0.0739. The van der Waals surface area contributed by atoms with Crippen LogP contribution < -0.4 is 4.74 Å². The zero-order valence-electron chi connectivity index (χ0n) is 14.7. The van der Waals surface area contributed by atoms with Crippen molar-refractivity contribution in [1.29, 1.82) is 0 Å². The number of nitrogens with zero attached hydrogens (tertiary/aromatic N) is 2. The Kier molecular flexibility index (Phi) is 5.41. The van der Waals surface area contributed by atoms with E-state index in [0.717, 1.165) is 29.8 Å². The van der Waals surface area contributed by atoms with Gasteiger partial charge in [-0.3, -0.25) is 4.79 Å². The molecule has 6 heteroatoms. The second-order valence-corrected chi connectivity index (χ2v) is 7.67. The largest absolute Gasteiger partial charge is 0.490 e. The predicted octanol–water partition coefficient (Wildman–Crippen LogP) is 5.15. The zero-order chi connectivity index (χ0) is 18.6. The summed E-state index contributed by atoms with van der Waals surface area (Å²) >= 11 is 7.47. The van der Waals surface area contributed by atoms with E-state index >= 15 is 0 Å². The number of halogens is 1. The third kappa shape index (κ3) is 4.31. The number of carbonyl (C=O) groups excluding carboxylic acids is 1. The summed E-state index contributed by atoms with van der Waals surface area (Å²) in [7, 11) is 0. The van der Waals surface area contributed by atoms with E-state index in [0.29, 0.717) is 23.7 Å². The van der Waals surface area contributed by atoms with Crippen LogP contribution in [0.1, 0.15) is 23.2 Å². The minimum absolute atomic E-state index is 0.0739. The van der Waals surface area contributed by atoms with Crippen molar-refractivity contribution in [2.75, 3.05) is 13.1 Å². The van der Waals surface area contributed by atoms with Crippen molar-refractivity contribution in [2.24, 2.45) is 0 Å². The van der Waals surface area contributed by atoms with Gasteiger partial charge in [0.2, 0.25) is 0 Å². The van der Waals surface area contributed by atoms with Crippen molar-refractivity contribution in [3.8, 4) is 17.0 Å².